The van der Waals surface area contributed by atoms with Crippen LogP contribution in [0.15, 0.2) is 18.2 Å². The van der Waals surface area contributed by atoms with E-state index in [1.807, 2.05) is 0 Å². The summed E-state index contributed by atoms with van der Waals surface area (Å²) >= 11 is 0. The van der Waals surface area contributed by atoms with Crippen LogP contribution in [0, 0.1) is 6.92 Å². The molecule has 2 rings (SSSR count). The molecule has 1 aliphatic heterocycles. The maximum atomic E-state index is 5.96. The zero-order valence-corrected chi connectivity index (χ0v) is 12.1. The standard InChI is InChI=1S/C16H25NO2/c1-3-17-11-14-10-13(2)7-8-16(14)19-12-15-6-4-5-9-18-15/h7-8,10,15,17H,3-6,9,11-12H2,1-2H3. The normalized spacial score (nSPS) is 19.4. The first-order valence-corrected chi connectivity index (χ1v) is 7.34. The van der Waals surface area contributed by atoms with Crippen molar-refractivity contribution in [3.05, 3.63) is 29.3 Å². The SMILES string of the molecule is CCNCc1cc(C)ccc1OCC1CCCCO1. The van der Waals surface area contributed by atoms with Crippen molar-refractivity contribution in [3.63, 3.8) is 0 Å². The fraction of sp³-hybridized carbons (Fsp3) is 0.625. The van der Waals surface area contributed by atoms with Crippen LogP contribution >= 0.6 is 0 Å². The first-order valence-electron chi connectivity index (χ1n) is 7.34. The van der Waals surface area contributed by atoms with Crippen molar-refractivity contribution in [1.29, 1.82) is 0 Å². The van der Waals surface area contributed by atoms with Gasteiger partial charge < -0.3 is 14.8 Å². The first kappa shape index (κ1) is 14.4. The average Bonchev–Trinajstić information content (AvgIpc) is 2.45. The summed E-state index contributed by atoms with van der Waals surface area (Å²) in [6.45, 7) is 7.61. The van der Waals surface area contributed by atoms with E-state index < -0.39 is 0 Å². The van der Waals surface area contributed by atoms with Crippen molar-refractivity contribution < 1.29 is 9.47 Å². The topological polar surface area (TPSA) is 30.5 Å². The fourth-order valence-corrected chi connectivity index (χ4v) is 2.37. The van der Waals surface area contributed by atoms with Gasteiger partial charge >= 0.3 is 0 Å². The molecule has 1 fully saturated rings. The number of nitrogens with one attached hydrogen (secondary N) is 1. The lowest BCUT2D eigenvalue weighted by atomic mass is 10.1. The molecule has 19 heavy (non-hydrogen) atoms. The molecule has 0 aromatic heterocycles. The monoisotopic (exact) mass is 263 g/mol. The van der Waals surface area contributed by atoms with Crippen LogP contribution in [-0.4, -0.2) is 25.9 Å². The average molecular weight is 263 g/mol. The molecule has 0 saturated carbocycles. The lowest BCUT2D eigenvalue weighted by Crippen LogP contribution is -2.26. The second kappa shape index (κ2) is 7.51. The molecule has 1 unspecified atom stereocenters. The number of rotatable bonds is 6. The van der Waals surface area contributed by atoms with E-state index in [4.69, 9.17) is 9.47 Å². The van der Waals surface area contributed by atoms with E-state index >= 15 is 0 Å². The molecule has 3 nitrogen and oxygen atoms in total. The molecule has 0 bridgehead atoms. The van der Waals surface area contributed by atoms with Crippen molar-refractivity contribution in [2.45, 2.75) is 45.8 Å². The fourth-order valence-electron chi connectivity index (χ4n) is 2.37. The number of benzene rings is 1. The number of hydrogen-bond donors (Lipinski definition) is 1. The summed E-state index contributed by atoms with van der Waals surface area (Å²) in [5.41, 5.74) is 2.51. The Morgan fingerprint density at radius 1 is 1.37 bits per heavy atom. The van der Waals surface area contributed by atoms with E-state index in [1.54, 1.807) is 0 Å². The highest BCUT2D eigenvalue weighted by Crippen LogP contribution is 2.21. The predicted molar refractivity (Wildman–Crippen MR) is 77.6 cm³/mol. The van der Waals surface area contributed by atoms with Crippen LogP contribution in [0.2, 0.25) is 0 Å². The molecule has 0 amide bonds. The van der Waals surface area contributed by atoms with Crippen LogP contribution in [0.1, 0.15) is 37.3 Å². The van der Waals surface area contributed by atoms with E-state index in [2.05, 4.69) is 37.4 Å². The van der Waals surface area contributed by atoms with E-state index in [1.165, 1.54) is 24.0 Å². The first-order chi connectivity index (χ1) is 9.29. The summed E-state index contributed by atoms with van der Waals surface area (Å²) in [6.07, 6.45) is 3.83. The molecule has 3 heteroatoms. The molecule has 106 valence electrons. The molecule has 1 heterocycles. The number of aryl methyl sites for hydroxylation is 1. The van der Waals surface area contributed by atoms with Gasteiger partial charge in [0.15, 0.2) is 0 Å². The summed E-state index contributed by atoms with van der Waals surface area (Å²) in [5.74, 6) is 0.987. The van der Waals surface area contributed by atoms with Gasteiger partial charge in [0.2, 0.25) is 0 Å². The Morgan fingerprint density at radius 3 is 3.00 bits per heavy atom. The highest BCUT2D eigenvalue weighted by molar-refractivity contribution is 5.36. The second-order valence-corrected chi connectivity index (χ2v) is 5.19. The largest absolute Gasteiger partial charge is 0.491 e. The minimum atomic E-state index is 0.266. The Labute approximate surface area is 116 Å². The van der Waals surface area contributed by atoms with Crippen molar-refractivity contribution in [2.24, 2.45) is 0 Å². The molecular weight excluding hydrogens is 238 g/mol. The Bertz CT molecular complexity index is 386. The molecular formula is C16H25NO2. The van der Waals surface area contributed by atoms with E-state index in [-0.39, 0.29) is 6.10 Å². The molecule has 1 atom stereocenters. The van der Waals surface area contributed by atoms with Crippen molar-refractivity contribution in [1.82, 2.24) is 5.32 Å². The van der Waals surface area contributed by atoms with Crippen molar-refractivity contribution in [3.8, 4) is 5.75 Å². The summed E-state index contributed by atoms with van der Waals surface area (Å²) in [4.78, 5) is 0. The Balaban J connectivity index is 1.93. The zero-order valence-electron chi connectivity index (χ0n) is 12.1. The van der Waals surface area contributed by atoms with Gasteiger partial charge in [-0.25, -0.2) is 0 Å². The molecule has 1 aromatic rings. The third-order valence-corrected chi connectivity index (χ3v) is 3.48. The van der Waals surface area contributed by atoms with Crippen LogP contribution in [0.25, 0.3) is 0 Å². The van der Waals surface area contributed by atoms with Gasteiger partial charge in [-0.05, 0) is 38.8 Å². The minimum Gasteiger partial charge on any atom is -0.491 e. The van der Waals surface area contributed by atoms with Gasteiger partial charge in [0.1, 0.15) is 12.4 Å². The Kier molecular flexibility index (Phi) is 5.67. The number of ether oxygens (including phenoxy) is 2. The molecule has 1 saturated heterocycles. The smallest absolute Gasteiger partial charge is 0.123 e. The minimum absolute atomic E-state index is 0.266. The third kappa shape index (κ3) is 4.51. The van der Waals surface area contributed by atoms with Gasteiger partial charge in [0.05, 0.1) is 6.10 Å². The van der Waals surface area contributed by atoms with Gasteiger partial charge in [-0.1, -0.05) is 24.6 Å². The molecule has 1 aliphatic rings. The molecule has 0 aliphatic carbocycles. The van der Waals surface area contributed by atoms with Gasteiger partial charge in [0.25, 0.3) is 0 Å². The summed E-state index contributed by atoms with van der Waals surface area (Å²) < 4.78 is 11.7. The van der Waals surface area contributed by atoms with Crippen molar-refractivity contribution in [2.75, 3.05) is 19.8 Å². The lowest BCUT2D eigenvalue weighted by molar-refractivity contribution is -0.0112. The zero-order chi connectivity index (χ0) is 13.5. The van der Waals surface area contributed by atoms with E-state index in [9.17, 15) is 0 Å². The van der Waals surface area contributed by atoms with E-state index in [0.29, 0.717) is 6.61 Å². The molecule has 1 N–H and O–H groups in total. The maximum absolute atomic E-state index is 5.96. The number of hydrogen-bond acceptors (Lipinski definition) is 3. The molecule has 0 spiro atoms. The molecule has 0 radical (unpaired) electrons. The highest BCUT2D eigenvalue weighted by atomic mass is 16.5. The van der Waals surface area contributed by atoms with Gasteiger partial charge in [-0.2, -0.15) is 0 Å². The predicted octanol–water partition coefficient (Wildman–Crippen LogP) is 3.05. The highest BCUT2D eigenvalue weighted by Gasteiger charge is 2.15. The Hall–Kier alpha value is -1.06. The third-order valence-electron chi connectivity index (χ3n) is 3.48. The van der Waals surface area contributed by atoms with Crippen LogP contribution in [0.5, 0.6) is 5.75 Å². The van der Waals surface area contributed by atoms with Gasteiger partial charge in [-0.15, -0.1) is 0 Å². The lowest BCUT2D eigenvalue weighted by Gasteiger charge is -2.23. The van der Waals surface area contributed by atoms with E-state index in [0.717, 1.165) is 31.9 Å². The molecule has 1 aromatic carbocycles. The van der Waals surface area contributed by atoms with Crippen LogP contribution in [0.4, 0.5) is 0 Å². The van der Waals surface area contributed by atoms with Gasteiger partial charge in [0, 0.05) is 18.7 Å². The van der Waals surface area contributed by atoms with Crippen LogP contribution < -0.4 is 10.1 Å². The Morgan fingerprint density at radius 2 is 2.26 bits per heavy atom. The summed E-state index contributed by atoms with van der Waals surface area (Å²) in [5, 5.41) is 3.36. The quantitative estimate of drug-likeness (QED) is 0.855. The van der Waals surface area contributed by atoms with Crippen LogP contribution in [-0.2, 0) is 11.3 Å². The summed E-state index contributed by atoms with van der Waals surface area (Å²) in [6, 6.07) is 6.37. The van der Waals surface area contributed by atoms with Gasteiger partial charge in [-0.3, -0.25) is 0 Å². The van der Waals surface area contributed by atoms with Crippen molar-refractivity contribution >= 4 is 0 Å². The maximum Gasteiger partial charge on any atom is 0.123 e. The summed E-state index contributed by atoms with van der Waals surface area (Å²) in [7, 11) is 0. The second-order valence-electron chi connectivity index (χ2n) is 5.19. The van der Waals surface area contributed by atoms with Crippen LogP contribution in [0.3, 0.4) is 0 Å².